The van der Waals surface area contributed by atoms with Crippen LogP contribution in [0.4, 0.5) is 10.1 Å². The zero-order valence-electron chi connectivity index (χ0n) is 16.0. The molecule has 7 heteroatoms. The van der Waals surface area contributed by atoms with E-state index in [0.29, 0.717) is 11.3 Å². The highest BCUT2D eigenvalue weighted by Gasteiger charge is 2.15. The largest absolute Gasteiger partial charge is 0.346 e. The molecule has 0 aliphatic rings. The second-order valence-corrected chi connectivity index (χ2v) is 8.43. The fourth-order valence-electron chi connectivity index (χ4n) is 2.74. The van der Waals surface area contributed by atoms with E-state index in [1.807, 2.05) is 6.92 Å². The first-order valence-corrected chi connectivity index (χ1v) is 10.5. The van der Waals surface area contributed by atoms with Crippen LogP contribution in [-0.4, -0.2) is 14.3 Å². The number of hydrogen-bond acceptors (Lipinski definition) is 3. The van der Waals surface area contributed by atoms with Crippen LogP contribution in [0.15, 0.2) is 77.7 Å². The lowest BCUT2D eigenvalue weighted by Gasteiger charge is -2.15. The number of aryl methyl sites for hydroxylation is 1. The highest BCUT2D eigenvalue weighted by molar-refractivity contribution is 7.92. The number of sulfonamides is 1. The maximum absolute atomic E-state index is 13.0. The molecule has 0 aliphatic heterocycles. The third-order valence-corrected chi connectivity index (χ3v) is 5.85. The van der Waals surface area contributed by atoms with Gasteiger partial charge in [0.15, 0.2) is 0 Å². The van der Waals surface area contributed by atoms with Gasteiger partial charge in [-0.15, -0.1) is 0 Å². The van der Waals surface area contributed by atoms with Gasteiger partial charge in [0, 0.05) is 11.3 Å². The van der Waals surface area contributed by atoms with Crippen molar-refractivity contribution in [2.75, 3.05) is 4.72 Å². The van der Waals surface area contributed by atoms with E-state index >= 15 is 0 Å². The number of nitrogens with one attached hydrogen (secondary N) is 2. The van der Waals surface area contributed by atoms with Crippen molar-refractivity contribution in [1.29, 1.82) is 0 Å². The van der Waals surface area contributed by atoms with E-state index in [1.54, 1.807) is 43.3 Å². The van der Waals surface area contributed by atoms with Crippen LogP contribution in [0.5, 0.6) is 0 Å². The molecule has 0 saturated carbocycles. The average molecular weight is 412 g/mol. The van der Waals surface area contributed by atoms with Crippen molar-refractivity contribution < 1.29 is 17.6 Å². The third kappa shape index (κ3) is 5.20. The van der Waals surface area contributed by atoms with Gasteiger partial charge in [-0.2, -0.15) is 0 Å². The Balaban J connectivity index is 1.67. The molecule has 0 aliphatic carbocycles. The normalized spacial score (nSPS) is 12.2. The maximum atomic E-state index is 13.0. The molecular formula is C22H21FN2O3S. The molecule has 3 aromatic rings. The molecule has 0 heterocycles. The van der Waals surface area contributed by atoms with Crippen LogP contribution in [0.1, 0.15) is 34.5 Å². The SMILES string of the molecule is Cc1ccc(S(=O)(=O)Nc2ccc(C(=O)NC(C)c3ccc(F)cc3)cc2)cc1. The summed E-state index contributed by atoms with van der Waals surface area (Å²) in [6.45, 7) is 3.68. The standard InChI is InChI=1S/C22H21FN2O3S/c1-15-3-13-21(14-4-15)29(27,28)25-20-11-7-18(8-12-20)22(26)24-16(2)17-5-9-19(23)10-6-17/h3-14,16,25H,1-2H3,(H,24,26). The van der Waals surface area contributed by atoms with Gasteiger partial charge in [-0.3, -0.25) is 9.52 Å². The molecular weight excluding hydrogens is 391 g/mol. The van der Waals surface area contributed by atoms with Gasteiger partial charge >= 0.3 is 0 Å². The molecule has 5 nitrogen and oxygen atoms in total. The van der Waals surface area contributed by atoms with Gasteiger partial charge in [0.25, 0.3) is 15.9 Å². The first-order valence-electron chi connectivity index (χ1n) is 9.00. The summed E-state index contributed by atoms with van der Waals surface area (Å²) in [4.78, 5) is 12.6. The first-order chi connectivity index (χ1) is 13.7. The molecule has 1 amide bonds. The summed E-state index contributed by atoms with van der Waals surface area (Å²) in [5.41, 5.74) is 2.49. The molecule has 3 aromatic carbocycles. The molecule has 0 fully saturated rings. The molecule has 0 bridgehead atoms. The Hall–Kier alpha value is -3.19. The van der Waals surface area contributed by atoms with Crippen molar-refractivity contribution in [3.05, 3.63) is 95.3 Å². The second-order valence-electron chi connectivity index (χ2n) is 6.74. The van der Waals surface area contributed by atoms with E-state index in [-0.39, 0.29) is 22.7 Å². The molecule has 2 N–H and O–H groups in total. The lowest BCUT2D eigenvalue weighted by Crippen LogP contribution is -2.26. The van der Waals surface area contributed by atoms with E-state index < -0.39 is 10.0 Å². The number of halogens is 1. The van der Waals surface area contributed by atoms with Crippen LogP contribution in [0.2, 0.25) is 0 Å². The molecule has 0 saturated heterocycles. The summed E-state index contributed by atoms with van der Waals surface area (Å²) in [5.74, 6) is -0.647. The summed E-state index contributed by atoms with van der Waals surface area (Å²) < 4.78 is 40.4. The molecule has 0 aromatic heterocycles. The Morgan fingerprint density at radius 3 is 2.07 bits per heavy atom. The zero-order chi connectivity index (χ0) is 21.0. The van der Waals surface area contributed by atoms with E-state index in [4.69, 9.17) is 0 Å². The Morgan fingerprint density at radius 2 is 1.48 bits per heavy atom. The van der Waals surface area contributed by atoms with Gasteiger partial charge in [0.2, 0.25) is 0 Å². The summed E-state index contributed by atoms with van der Waals surface area (Å²) in [6, 6.07) is 18.3. The predicted molar refractivity (Wildman–Crippen MR) is 111 cm³/mol. The number of carbonyl (C=O) groups is 1. The van der Waals surface area contributed by atoms with Crippen molar-refractivity contribution in [3.8, 4) is 0 Å². The highest BCUT2D eigenvalue weighted by atomic mass is 32.2. The number of rotatable bonds is 6. The Bertz CT molecular complexity index is 1090. The minimum atomic E-state index is -3.70. The number of carbonyl (C=O) groups excluding carboxylic acids is 1. The lowest BCUT2D eigenvalue weighted by molar-refractivity contribution is 0.0940. The predicted octanol–water partition coefficient (Wildman–Crippen LogP) is 4.43. The molecule has 0 spiro atoms. The smallest absolute Gasteiger partial charge is 0.261 e. The number of amides is 1. The lowest BCUT2D eigenvalue weighted by atomic mass is 10.1. The van der Waals surface area contributed by atoms with Crippen LogP contribution in [0.3, 0.4) is 0 Å². The van der Waals surface area contributed by atoms with Crippen molar-refractivity contribution in [1.82, 2.24) is 5.32 Å². The Labute approximate surface area is 169 Å². The van der Waals surface area contributed by atoms with Crippen LogP contribution in [0.25, 0.3) is 0 Å². The maximum Gasteiger partial charge on any atom is 0.261 e. The van der Waals surface area contributed by atoms with E-state index in [1.165, 1.54) is 36.4 Å². The second kappa shape index (κ2) is 8.45. The van der Waals surface area contributed by atoms with Crippen LogP contribution < -0.4 is 10.0 Å². The fraction of sp³-hybridized carbons (Fsp3) is 0.136. The van der Waals surface area contributed by atoms with Crippen LogP contribution >= 0.6 is 0 Å². The molecule has 3 rings (SSSR count). The van der Waals surface area contributed by atoms with Crippen molar-refractivity contribution >= 4 is 21.6 Å². The number of benzene rings is 3. The van der Waals surface area contributed by atoms with Gasteiger partial charge in [0.05, 0.1) is 10.9 Å². The first kappa shape index (κ1) is 20.5. The zero-order valence-corrected chi connectivity index (χ0v) is 16.8. The topological polar surface area (TPSA) is 75.3 Å². The summed E-state index contributed by atoms with van der Waals surface area (Å²) in [5, 5.41) is 2.83. The number of anilines is 1. The Kier molecular flexibility index (Phi) is 5.98. The van der Waals surface area contributed by atoms with E-state index in [9.17, 15) is 17.6 Å². The van der Waals surface area contributed by atoms with Gasteiger partial charge in [-0.25, -0.2) is 12.8 Å². The molecule has 0 radical (unpaired) electrons. The van der Waals surface area contributed by atoms with Gasteiger partial charge in [0.1, 0.15) is 5.82 Å². The third-order valence-electron chi connectivity index (χ3n) is 4.45. The fourth-order valence-corrected chi connectivity index (χ4v) is 3.79. The number of hydrogen-bond donors (Lipinski definition) is 2. The van der Waals surface area contributed by atoms with Crippen molar-refractivity contribution in [2.24, 2.45) is 0 Å². The van der Waals surface area contributed by atoms with Gasteiger partial charge < -0.3 is 5.32 Å². The molecule has 1 unspecified atom stereocenters. The quantitative estimate of drug-likeness (QED) is 0.629. The highest BCUT2D eigenvalue weighted by Crippen LogP contribution is 2.18. The minimum Gasteiger partial charge on any atom is -0.346 e. The van der Waals surface area contributed by atoms with Crippen LogP contribution in [0, 0.1) is 12.7 Å². The van der Waals surface area contributed by atoms with Gasteiger partial charge in [-0.1, -0.05) is 29.8 Å². The summed E-state index contributed by atoms with van der Waals surface area (Å²) >= 11 is 0. The average Bonchev–Trinajstić information content (AvgIpc) is 2.69. The Morgan fingerprint density at radius 1 is 0.897 bits per heavy atom. The summed E-state index contributed by atoms with van der Waals surface area (Å²) in [7, 11) is -3.70. The van der Waals surface area contributed by atoms with Crippen molar-refractivity contribution in [3.63, 3.8) is 0 Å². The van der Waals surface area contributed by atoms with Gasteiger partial charge in [-0.05, 0) is 67.9 Å². The summed E-state index contributed by atoms with van der Waals surface area (Å²) in [6.07, 6.45) is 0. The molecule has 150 valence electrons. The molecule has 1 atom stereocenters. The molecule has 29 heavy (non-hydrogen) atoms. The van der Waals surface area contributed by atoms with E-state index in [2.05, 4.69) is 10.0 Å². The minimum absolute atomic E-state index is 0.165. The monoisotopic (exact) mass is 412 g/mol. The van der Waals surface area contributed by atoms with E-state index in [0.717, 1.165) is 11.1 Å². The van der Waals surface area contributed by atoms with Crippen LogP contribution in [-0.2, 0) is 10.0 Å². The van der Waals surface area contributed by atoms with Crippen molar-refractivity contribution in [2.45, 2.75) is 24.8 Å².